The zero-order valence-corrected chi connectivity index (χ0v) is 12.6. The highest BCUT2D eigenvalue weighted by molar-refractivity contribution is 6.67. The summed E-state index contributed by atoms with van der Waals surface area (Å²) in [7, 11) is 0. The summed E-state index contributed by atoms with van der Waals surface area (Å²) in [6, 6.07) is 0. The molecule has 1 fully saturated rings. The van der Waals surface area contributed by atoms with Crippen molar-refractivity contribution < 1.29 is 28.6 Å². The van der Waals surface area contributed by atoms with Gasteiger partial charge in [-0.1, -0.05) is 34.8 Å². The van der Waals surface area contributed by atoms with Crippen molar-refractivity contribution >= 4 is 52.8 Å². The fourth-order valence-electron chi connectivity index (χ4n) is 1.41. The number of amides is 1. The van der Waals surface area contributed by atoms with Gasteiger partial charge in [0.25, 0.3) is 0 Å². The van der Waals surface area contributed by atoms with E-state index in [0.29, 0.717) is 0 Å². The number of hydrogen-bond acceptors (Lipinski definition) is 6. The first-order valence-electron chi connectivity index (χ1n) is 5.53. The van der Waals surface area contributed by atoms with E-state index in [2.05, 4.69) is 14.8 Å². The summed E-state index contributed by atoms with van der Waals surface area (Å²) in [5, 5.41) is 2.40. The Morgan fingerprint density at radius 1 is 1.30 bits per heavy atom. The van der Waals surface area contributed by atoms with Crippen LogP contribution in [0.2, 0.25) is 0 Å². The zero-order valence-electron chi connectivity index (χ0n) is 10.4. The SMILES string of the molecule is CC(=O)OC1NC(=O)C1CCOC(=O)OCC(Cl)(Cl)Cl. The van der Waals surface area contributed by atoms with Crippen molar-refractivity contribution in [3.05, 3.63) is 0 Å². The minimum atomic E-state index is -1.71. The molecule has 0 aromatic rings. The zero-order chi connectivity index (χ0) is 15.3. The van der Waals surface area contributed by atoms with Crippen molar-refractivity contribution in [3.63, 3.8) is 0 Å². The molecule has 1 aliphatic rings. The van der Waals surface area contributed by atoms with Crippen LogP contribution in [0, 0.1) is 5.92 Å². The third-order valence-electron chi connectivity index (χ3n) is 2.28. The van der Waals surface area contributed by atoms with Crippen LogP contribution in [0.15, 0.2) is 0 Å². The molecule has 0 aromatic heterocycles. The number of β-lactam (4-membered cyclic amide) rings is 1. The molecule has 10 heteroatoms. The van der Waals surface area contributed by atoms with Gasteiger partial charge in [0, 0.05) is 6.92 Å². The summed E-state index contributed by atoms with van der Waals surface area (Å²) in [6.07, 6.45) is -1.52. The standard InChI is InChI=1S/C10H12Cl3NO6/c1-5(15)20-8-6(7(16)14-8)2-3-18-9(17)19-4-10(11,12)13/h6,8H,2-4H2,1H3,(H,14,16). The first kappa shape index (κ1) is 17.1. The quantitative estimate of drug-likeness (QED) is 0.460. The number of esters is 1. The van der Waals surface area contributed by atoms with E-state index in [9.17, 15) is 14.4 Å². The molecule has 0 radical (unpaired) electrons. The van der Waals surface area contributed by atoms with Crippen molar-refractivity contribution in [2.45, 2.75) is 23.4 Å². The first-order chi connectivity index (χ1) is 9.19. The number of carbonyl (C=O) groups excluding carboxylic acids is 3. The van der Waals surface area contributed by atoms with Crippen molar-refractivity contribution in [1.82, 2.24) is 5.32 Å². The molecule has 1 aliphatic heterocycles. The van der Waals surface area contributed by atoms with Gasteiger partial charge in [-0.3, -0.25) is 9.59 Å². The topological polar surface area (TPSA) is 90.9 Å². The summed E-state index contributed by atoms with van der Waals surface area (Å²) < 4.78 is 12.3. The van der Waals surface area contributed by atoms with Crippen LogP contribution in [0.4, 0.5) is 4.79 Å². The summed E-state index contributed by atoms with van der Waals surface area (Å²) in [5.41, 5.74) is 0. The van der Waals surface area contributed by atoms with Crippen LogP contribution >= 0.6 is 34.8 Å². The average Bonchev–Trinajstić information content (AvgIpc) is 2.30. The molecule has 114 valence electrons. The van der Waals surface area contributed by atoms with Gasteiger partial charge in [-0.05, 0) is 6.42 Å². The van der Waals surface area contributed by atoms with E-state index in [1.165, 1.54) is 6.92 Å². The van der Waals surface area contributed by atoms with Gasteiger partial charge in [-0.25, -0.2) is 4.79 Å². The van der Waals surface area contributed by atoms with Crippen LogP contribution in [-0.4, -0.2) is 41.3 Å². The van der Waals surface area contributed by atoms with Crippen molar-refractivity contribution in [1.29, 1.82) is 0 Å². The molecular formula is C10H12Cl3NO6. The van der Waals surface area contributed by atoms with E-state index in [-0.39, 0.29) is 18.9 Å². The predicted molar refractivity (Wildman–Crippen MR) is 69.4 cm³/mol. The Balaban J connectivity index is 2.21. The predicted octanol–water partition coefficient (Wildman–Crippen LogP) is 1.54. The summed E-state index contributed by atoms with van der Waals surface area (Å²) in [6.45, 7) is 0.692. The highest BCUT2D eigenvalue weighted by atomic mass is 35.6. The lowest BCUT2D eigenvalue weighted by Gasteiger charge is -2.35. The molecular weight excluding hydrogens is 336 g/mol. The van der Waals surface area contributed by atoms with E-state index in [4.69, 9.17) is 39.5 Å². The fourth-order valence-corrected chi connectivity index (χ4v) is 1.58. The molecule has 1 saturated heterocycles. The maximum Gasteiger partial charge on any atom is 0.508 e. The number of hydrogen-bond donors (Lipinski definition) is 1. The number of nitrogens with one attached hydrogen (secondary N) is 1. The fraction of sp³-hybridized carbons (Fsp3) is 0.700. The van der Waals surface area contributed by atoms with Crippen molar-refractivity contribution in [2.24, 2.45) is 5.92 Å². The Morgan fingerprint density at radius 2 is 1.95 bits per heavy atom. The van der Waals surface area contributed by atoms with Gasteiger partial charge >= 0.3 is 12.1 Å². The molecule has 1 rings (SSSR count). The van der Waals surface area contributed by atoms with Crippen molar-refractivity contribution in [3.8, 4) is 0 Å². The summed E-state index contributed by atoms with van der Waals surface area (Å²) in [5.74, 6) is -1.35. The lowest BCUT2D eigenvalue weighted by Crippen LogP contribution is -2.60. The highest BCUT2D eigenvalue weighted by Gasteiger charge is 2.41. The van der Waals surface area contributed by atoms with Crippen LogP contribution in [-0.2, 0) is 23.8 Å². The van der Waals surface area contributed by atoms with Crippen LogP contribution < -0.4 is 5.32 Å². The van der Waals surface area contributed by atoms with Crippen LogP contribution in [0.1, 0.15) is 13.3 Å². The number of carbonyl (C=O) groups is 3. The normalized spacial score (nSPS) is 21.5. The first-order valence-corrected chi connectivity index (χ1v) is 6.66. The van der Waals surface area contributed by atoms with Gasteiger partial charge in [0.05, 0.1) is 12.5 Å². The van der Waals surface area contributed by atoms with Gasteiger partial charge in [0.1, 0.15) is 6.61 Å². The van der Waals surface area contributed by atoms with Crippen LogP contribution in [0.25, 0.3) is 0 Å². The molecule has 0 aliphatic carbocycles. The number of halogens is 3. The smallest absolute Gasteiger partial charge is 0.441 e. The van der Waals surface area contributed by atoms with Crippen LogP contribution in [0.5, 0.6) is 0 Å². The van der Waals surface area contributed by atoms with Gasteiger partial charge < -0.3 is 19.5 Å². The second-order valence-corrected chi connectivity index (χ2v) is 6.45. The van der Waals surface area contributed by atoms with E-state index in [0.717, 1.165) is 0 Å². The molecule has 1 amide bonds. The third kappa shape index (κ3) is 6.02. The monoisotopic (exact) mass is 347 g/mol. The minimum Gasteiger partial charge on any atom is -0.441 e. The molecule has 2 unspecified atom stereocenters. The maximum absolute atomic E-state index is 11.2. The Labute approximate surface area is 129 Å². The van der Waals surface area contributed by atoms with E-state index in [1.807, 2.05) is 0 Å². The molecule has 1 N–H and O–H groups in total. The Kier molecular flexibility index (Phi) is 6.16. The summed E-state index contributed by atoms with van der Waals surface area (Å²) in [4.78, 5) is 33.1. The van der Waals surface area contributed by atoms with Crippen molar-refractivity contribution in [2.75, 3.05) is 13.2 Å². The molecule has 0 bridgehead atoms. The lowest BCUT2D eigenvalue weighted by molar-refractivity contribution is -0.168. The molecule has 20 heavy (non-hydrogen) atoms. The van der Waals surface area contributed by atoms with E-state index >= 15 is 0 Å². The Hall–Kier alpha value is -0.920. The number of alkyl halides is 3. The number of ether oxygens (including phenoxy) is 3. The second kappa shape index (κ2) is 7.19. The summed E-state index contributed by atoms with van der Waals surface area (Å²) >= 11 is 16.1. The van der Waals surface area contributed by atoms with Gasteiger partial charge in [-0.2, -0.15) is 0 Å². The molecule has 2 atom stereocenters. The Bertz CT molecular complexity index is 397. The van der Waals surface area contributed by atoms with E-state index in [1.54, 1.807) is 0 Å². The largest absolute Gasteiger partial charge is 0.508 e. The van der Waals surface area contributed by atoms with E-state index < -0.39 is 34.7 Å². The molecule has 0 saturated carbocycles. The van der Waals surface area contributed by atoms with Gasteiger partial charge in [0.2, 0.25) is 9.70 Å². The average molecular weight is 349 g/mol. The lowest BCUT2D eigenvalue weighted by atomic mass is 9.96. The van der Waals surface area contributed by atoms with Gasteiger partial charge in [-0.15, -0.1) is 0 Å². The molecule has 0 aromatic carbocycles. The minimum absolute atomic E-state index is 0.0887. The maximum atomic E-state index is 11.2. The Morgan fingerprint density at radius 3 is 2.45 bits per heavy atom. The molecule has 7 nitrogen and oxygen atoms in total. The highest BCUT2D eigenvalue weighted by Crippen LogP contribution is 2.26. The third-order valence-corrected chi connectivity index (χ3v) is 2.61. The van der Waals surface area contributed by atoms with Gasteiger partial charge in [0.15, 0.2) is 6.23 Å². The number of rotatable bonds is 5. The van der Waals surface area contributed by atoms with Crippen LogP contribution in [0.3, 0.4) is 0 Å². The second-order valence-electron chi connectivity index (χ2n) is 3.94. The molecule has 1 heterocycles. The molecule has 0 spiro atoms.